The van der Waals surface area contributed by atoms with Crippen LogP contribution in [0.3, 0.4) is 0 Å². The fourth-order valence-corrected chi connectivity index (χ4v) is 45.4. The standard InChI is InChI=1S/C22H54O24Si10/c1-2-3-4-5-6-7-8-9-10-11-12-13-14-15-16-17-18-19-20-21-22-47-32-48(23)35-51(26)37-49(24,33-47)39-53(28)43-54(29)40-50(25,34-47)38-52(27,36-48)42-56(31,45-54)46-55(30,41-51)44-53/h23-31H,2-22H2,1H3. The Balaban J connectivity index is 1.05. The molecule has 8 atom stereocenters. The van der Waals surface area contributed by atoms with Gasteiger partial charge in [0.2, 0.25) is 0 Å². The summed E-state index contributed by atoms with van der Waals surface area (Å²) in [4.78, 5) is 103. The van der Waals surface area contributed by atoms with Crippen LogP contribution in [0.5, 0.6) is 0 Å². The van der Waals surface area contributed by atoms with Crippen LogP contribution in [0.4, 0.5) is 0 Å². The van der Waals surface area contributed by atoms with E-state index < -0.39 is 96.3 Å². The normalized spacial score (nSPS) is 45.8. The second kappa shape index (κ2) is 18.1. The van der Waals surface area contributed by atoms with Crippen molar-refractivity contribution in [1.29, 1.82) is 0 Å². The molecule has 5 aliphatic rings. The molecule has 0 radical (unpaired) electrons. The van der Waals surface area contributed by atoms with E-state index in [0.717, 1.165) is 25.7 Å². The van der Waals surface area contributed by atoms with Gasteiger partial charge in [-0.25, -0.2) is 0 Å². The van der Waals surface area contributed by atoms with Crippen molar-refractivity contribution in [3.63, 3.8) is 0 Å². The predicted octanol–water partition coefficient (Wildman–Crippen LogP) is -1.07. The zero-order chi connectivity index (χ0) is 40.5. The quantitative estimate of drug-likeness (QED) is 0.0488. The van der Waals surface area contributed by atoms with E-state index in [9.17, 15) is 43.2 Å². The highest BCUT2D eigenvalue weighted by atomic mass is 28.7. The first-order valence-electron chi connectivity index (χ1n) is 19.2. The molecule has 8 unspecified atom stereocenters. The lowest BCUT2D eigenvalue weighted by Gasteiger charge is -2.54. The SMILES string of the molecule is CCCCCCCCCCCCCCCCCCCCCC[Si]12O[Si]3(O)O[Si]4(O)O[Si]5(O)O[Si]6(O)O[Si](O)(O4)O[Si](O)(O[Si](O)(O6)O[Si](O)(O[Si](O)(O5)O3)O1)O2. The zero-order valence-electron chi connectivity index (χ0n) is 31.0. The van der Waals surface area contributed by atoms with Gasteiger partial charge >= 0.3 is 90.2 Å². The van der Waals surface area contributed by atoms with E-state index in [-0.39, 0.29) is 6.42 Å². The van der Waals surface area contributed by atoms with Gasteiger partial charge in [-0.2, -0.15) is 0 Å². The molecule has 326 valence electrons. The molecule has 5 heterocycles. The minimum atomic E-state index is -5.97. The smallest absolute Gasteiger partial charge is 0.369 e. The molecule has 24 nitrogen and oxygen atoms in total. The van der Waals surface area contributed by atoms with Crippen molar-refractivity contribution in [3.05, 3.63) is 0 Å². The maximum Gasteiger partial charge on any atom is 0.659 e. The lowest BCUT2D eigenvalue weighted by Crippen LogP contribution is -2.89. The highest BCUT2D eigenvalue weighted by molar-refractivity contribution is 6.97. The van der Waals surface area contributed by atoms with Crippen molar-refractivity contribution < 1.29 is 105 Å². The summed E-state index contributed by atoms with van der Waals surface area (Å²) in [5.41, 5.74) is 0. The summed E-state index contributed by atoms with van der Waals surface area (Å²) in [7, 11) is -58.4. The van der Waals surface area contributed by atoms with Gasteiger partial charge in [0.05, 0.1) is 0 Å². The molecule has 0 aliphatic carbocycles. The summed E-state index contributed by atoms with van der Waals surface area (Å²) in [6.07, 6.45) is 22.4. The molecule has 5 saturated heterocycles. The lowest BCUT2D eigenvalue weighted by molar-refractivity contribution is -0.128. The van der Waals surface area contributed by atoms with Crippen molar-refractivity contribution in [3.8, 4) is 0 Å². The topological polar surface area (TPSA) is 321 Å². The molecule has 56 heavy (non-hydrogen) atoms. The number of hydrogen-bond acceptors (Lipinski definition) is 24. The Hall–Kier alpha value is 1.21. The summed E-state index contributed by atoms with van der Waals surface area (Å²) in [6, 6.07) is -0.428. The van der Waals surface area contributed by atoms with Crippen LogP contribution in [-0.2, 0) is 61.7 Å². The van der Waals surface area contributed by atoms with Crippen molar-refractivity contribution >= 4 is 90.2 Å². The average Bonchev–Trinajstić information content (AvgIpc) is 2.98. The minimum absolute atomic E-state index is 0.140. The maximum atomic E-state index is 11.6. The Bertz CT molecular complexity index is 1260. The fourth-order valence-electron chi connectivity index (χ4n) is 6.92. The fraction of sp³-hybridized carbons (Fsp3) is 1.00. The Labute approximate surface area is 335 Å². The summed E-state index contributed by atoms with van der Waals surface area (Å²) in [5, 5.41) is 0. The van der Waals surface area contributed by atoms with E-state index in [4.69, 9.17) is 61.7 Å². The largest absolute Gasteiger partial charge is 0.659 e. The second-order valence-electron chi connectivity index (χ2n) is 14.4. The monoisotopic (exact) mass is 982 g/mol. The Kier molecular flexibility index (Phi) is 15.1. The van der Waals surface area contributed by atoms with Crippen molar-refractivity contribution in [1.82, 2.24) is 0 Å². The Morgan fingerprint density at radius 2 is 0.393 bits per heavy atom. The van der Waals surface area contributed by atoms with Gasteiger partial charge in [-0.3, -0.25) is 0 Å². The molecule has 0 spiro atoms. The molecule has 5 fully saturated rings. The van der Waals surface area contributed by atoms with E-state index >= 15 is 0 Å². The summed E-state index contributed by atoms with van der Waals surface area (Å²) in [6.45, 7) is 2.24. The van der Waals surface area contributed by atoms with Crippen LogP contribution in [-0.4, -0.2) is 133 Å². The molecule has 0 aromatic carbocycles. The van der Waals surface area contributed by atoms with Crippen LogP contribution < -0.4 is 0 Å². The summed E-state index contributed by atoms with van der Waals surface area (Å²) in [5.74, 6) is 0. The van der Waals surface area contributed by atoms with E-state index in [0.29, 0.717) is 12.8 Å². The third-order valence-corrected chi connectivity index (χ3v) is 41.8. The van der Waals surface area contributed by atoms with E-state index in [1.807, 2.05) is 0 Å². The predicted molar refractivity (Wildman–Crippen MR) is 197 cm³/mol. The molecule has 5 rings (SSSR count). The number of unbranched alkanes of at least 4 members (excludes halogenated alkanes) is 19. The van der Waals surface area contributed by atoms with Gasteiger partial charge in [-0.1, -0.05) is 129 Å². The summed E-state index contributed by atoms with van der Waals surface area (Å²) >= 11 is 0. The first kappa shape index (κ1) is 46.7. The first-order chi connectivity index (χ1) is 26.2. The molecule has 10 bridgehead atoms. The van der Waals surface area contributed by atoms with Crippen LogP contribution in [0.25, 0.3) is 0 Å². The highest BCUT2D eigenvalue weighted by Crippen LogP contribution is 2.46. The number of hydrogen-bond donors (Lipinski definition) is 9. The van der Waals surface area contributed by atoms with Gasteiger partial charge in [-0.05, 0) is 6.42 Å². The van der Waals surface area contributed by atoms with Gasteiger partial charge in [-0.15, -0.1) is 0 Å². The molecular weight excluding hydrogens is 929 g/mol. The molecule has 0 saturated carbocycles. The molecule has 9 N–H and O–H groups in total. The minimum Gasteiger partial charge on any atom is -0.369 e. The number of fused-ring (bicyclic) bond motifs is 10. The maximum absolute atomic E-state index is 11.6. The third-order valence-electron chi connectivity index (χ3n) is 9.29. The van der Waals surface area contributed by atoms with Crippen molar-refractivity contribution in [2.24, 2.45) is 0 Å². The molecule has 0 aromatic rings. The molecule has 34 heteroatoms. The number of rotatable bonds is 21. The van der Waals surface area contributed by atoms with Crippen molar-refractivity contribution in [2.75, 3.05) is 0 Å². The Morgan fingerprint density at radius 3 is 0.589 bits per heavy atom. The zero-order valence-corrected chi connectivity index (χ0v) is 41.0. The van der Waals surface area contributed by atoms with Crippen LogP contribution in [0.2, 0.25) is 6.04 Å². The van der Waals surface area contributed by atoms with E-state index in [1.54, 1.807) is 0 Å². The average molecular weight is 984 g/mol. The van der Waals surface area contributed by atoms with Gasteiger partial charge in [0, 0.05) is 6.04 Å². The van der Waals surface area contributed by atoms with Gasteiger partial charge < -0.3 is 105 Å². The molecule has 0 amide bonds. The highest BCUT2D eigenvalue weighted by Gasteiger charge is 2.88. The van der Waals surface area contributed by atoms with Crippen molar-refractivity contribution in [2.45, 2.75) is 141 Å². The second-order valence-corrected chi connectivity index (χ2v) is 37.9. The van der Waals surface area contributed by atoms with Crippen LogP contribution in [0.1, 0.15) is 135 Å². The summed E-state index contributed by atoms with van der Waals surface area (Å²) < 4.78 is 78.6. The van der Waals surface area contributed by atoms with E-state index in [1.165, 1.54) is 83.5 Å². The third kappa shape index (κ3) is 12.4. The van der Waals surface area contributed by atoms with Crippen LogP contribution in [0, 0.1) is 0 Å². The Morgan fingerprint density at radius 1 is 0.232 bits per heavy atom. The van der Waals surface area contributed by atoms with Gasteiger partial charge in [0.1, 0.15) is 0 Å². The van der Waals surface area contributed by atoms with Crippen LogP contribution in [0.15, 0.2) is 0 Å². The first-order valence-corrected chi connectivity index (χ1v) is 36.2. The lowest BCUT2D eigenvalue weighted by atomic mass is 10.0. The molecule has 0 aromatic heterocycles. The van der Waals surface area contributed by atoms with E-state index in [2.05, 4.69) is 6.92 Å². The van der Waals surface area contributed by atoms with Gasteiger partial charge in [0.15, 0.2) is 0 Å². The molecule has 5 aliphatic heterocycles. The van der Waals surface area contributed by atoms with Gasteiger partial charge in [0.25, 0.3) is 0 Å². The molecular formula is C22H54O24Si10. The van der Waals surface area contributed by atoms with Crippen LogP contribution >= 0.6 is 0 Å².